The van der Waals surface area contributed by atoms with Crippen LogP contribution in [0.5, 0.6) is 0 Å². The first-order valence-electron chi connectivity index (χ1n) is 6.80. The highest BCUT2D eigenvalue weighted by Crippen LogP contribution is 2.33. The highest BCUT2D eigenvalue weighted by molar-refractivity contribution is 6.31. The third kappa shape index (κ3) is 3.67. The zero-order chi connectivity index (χ0) is 16.3. The van der Waals surface area contributed by atoms with Crippen molar-refractivity contribution in [2.75, 3.05) is 6.61 Å². The van der Waals surface area contributed by atoms with E-state index >= 15 is 0 Å². The van der Waals surface area contributed by atoms with Crippen LogP contribution in [0.3, 0.4) is 0 Å². The minimum atomic E-state index is -1.58. The Morgan fingerprint density at radius 1 is 1.18 bits per heavy atom. The van der Waals surface area contributed by atoms with Crippen LogP contribution in [0, 0.1) is 0 Å². The van der Waals surface area contributed by atoms with Crippen molar-refractivity contribution in [3.63, 3.8) is 0 Å². The number of hydrogen-bond donors (Lipinski definition) is 4. The SMILES string of the molecule is C=CCOCc1cc([C@@H]2OC(O)[C@@H](O)[C@H](O)[C@H]2O)ccc1Cl. The predicted octanol–water partition coefficient (Wildman–Crippen LogP) is 0.515. The van der Waals surface area contributed by atoms with Crippen molar-refractivity contribution < 1.29 is 29.9 Å². The van der Waals surface area contributed by atoms with Crippen molar-refractivity contribution in [3.05, 3.63) is 47.0 Å². The van der Waals surface area contributed by atoms with Gasteiger partial charge < -0.3 is 29.9 Å². The molecule has 1 aromatic rings. The molecule has 0 bridgehead atoms. The van der Waals surface area contributed by atoms with Gasteiger partial charge in [-0.2, -0.15) is 0 Å². The molecule has 1 aliphatic rings. The molecule has 4 N–H and O–H groups in total. The molecule has 1 heterocycles. The molecular weight excluding hydrogens is 312 g/mol. The summed E-state index contributed by atoms with van der Waals surface area (Å²) >= 11 is 6.08. The number of benzene rings is 1. The molecule has 0 aliphatic carbocycles. The van der Waals surface area contributed by atoms with Crippen LogP contribution in [0.2, 0.25) is 5.02 Å². The monoisotopic (exact) mass is 330 g/mol. The van der Waals surface area contributed by atoms with Gasteiger partial charge in [0.2, 0.25) is 0 Å². The van der Waals surface area contributed by atoms with E-state index in [1.165, 1.54) is 0 Å². The van der Waals surface area contributed by atoms with E-state index in [9.17, 15) is 20.4 Å². The third-order valence-electron chi connectivity index (χ3n) is 3.48. The summed E-state index contributed by atoms with van der Waals surface area (Å²) in [6, 6.07) is 4.89. The van der Waals surface area contributed by atoms with Crippen molar-refractivity contribution in [2.45, 2.75) is 37.3 Å². The molecule has 2 rings (SSSR count). The third-order valence-corrected chi connectivity index (χ3v) is 3.85. The summed E-state index contributed by atoms with van der Waals surface area (Å²) in [6.07, 6.45) is -5.40. The topological polar surface area (TPSA) is 99.4 Å². The molecule has 1 aliphatic heterocycles. The van der Waals surface area contributed by atoms with E-state index in [2.05, 4.69) is 6.58 Å². The normalized spacial score (nSPS) is 32.0. The van der Waals surface area contributed by atoms with Crippen molar-refractivity contribution in [1.29, 1.82) is 0 Å². The van der Waals surface area contributed by atoms with Gasteiger partial charge in [-0.3, -0.25) is 0 Å². The lowest BCUT2D eigenvalue weighted by Crippen LogP contribution is -2.54. The second-order valence-electron chi connectivity index (χ2n) is 5.07. The Bertz CT molecular complexity index is 523. The predicted molar refractivity (Wildman–Crippen MR) is 79.2 cm³/mol. The summed E-state index contributed by atoms with van der Waals surface area (Å²) in [4.78, 5) is 0. The maximum absolute atomic E-state index is 10.0. The van der Waals surface area contributed by atoms with E-state index in [1.807, 2.05) is 0 Å². The van der Waals surface area contributed by atoms with Crippen LogP contribution in [0.4, 0.5) is 0 Å². The number of aliphatic hydroxyl groups excluding tert-OH is 4. The Labute approximate surface area is 133 Å². The summed E-state index contributed by atoms with van der Waals surface area (Å²) in [7, 11) is 0. The summed E-state index contributed by atoms with van der Waals surface area (Å²) in [5.74, 6) is 0. The van der Waals surface area contributed by atoms with Crippen LogP contribution in [0.25, 0.3) is 0 Å². The lowest BCUT2D eigenvalue weighted by molar-refractivity contribution is -0.284. The summed E-state index contributed by atoms with van der Waals surface area (Å²) < 4.78 is 10.5. The average molecular weight is 331 g/mol. The van der Waals surface area contributed by atoms with Crippen molar-refractivity contribution in [2.24, 2.45) is 0 Å². The van der Waals surface area contributed by atoms with Crippen molar-refractivity contribution >= 4 is 11.6 Å². The molecular formula is C15H19ClO6. The Morgan fingerprint density at radius 2 is 1.91 bits per heavy atom. The number of aliphatic hydroxyl groups is 4. The first-order chi connectivity index (χ1) is 10.5. The van der Waals surface area contributed by atoms with E-state index in [1.54, 1.807) is 24.3 Å². The molecule has 0 amide bonds. The van der Waals surface area contributed by atoms with Gasteiger partial charge in [-0.25, -0.2) is 0 Å². The zero-order valence-electron chi connectivity index (χ0n) is 11.8. The molecule has 0 saturated carbocycles. The Balaban J connectivity index is 2.20. The minimum absolute atomic E-state index is 0.245. The lowest BCUT2D eigenvalue weighted by atomic mass is 9.93. The maximum Gasteiger partial charge on any atom is 0.184 e. The molecule has 1 unspecified atom stereocenters. The smallest absolute Gasteiger partial charge is 0.184 e. The highest BCUT2D eigenvalue weighted by atomic mass is 35.5. The van der Waals surface area contributed by atoms with Crippen LogP contribution in [0.15, 0.2) is 30.9 Å². The number of rotatable bonds is 5. The van der Waals surface area contributed by atoms with E-state index < -0.39 is 30.7 Å². The molecule has 22 heavy (non-hydrogen) atoms. The minimum Gasteiger partial charge on any atom is -0.387 e. The van der Waals surface area contributed by atoms with Crippen molar-refractivity contribution in [3.8, 4) is 0 Å². The Morgan fingerprint density at radius 3 is 2.59 bits per heavy atom. The van der Waals surface area contributed by atoms with Gasteiger partial charge in [-0.1, -0.05) is 23.7 Å². The van der Waals surface area contributed by atoms with E-state index in [-0.39, 0.29) is 6.61 Å². The van der Waals surface area contributed by atoms with Gasteiger partial charge in [-0.15, -0.1) is 6.58 Å². The fraction of sp³-hybridized carbons (Fsp3) is 0.467. The first-order valence-corrected chi connectivity index (χ1v) is 7.18. The number of halogens is 1. The highest BCUT2D eigenvalue weighted by Gasteiger charge is 2.43. The van der Waals surface area contributed by atoms with Crippen LogP contribution in [-0.2, 0) is 16.1 Å². The molecule has 1 fully saturated rings. The van der Waals surface area contributed by atoms with Gasteiger partial charge in [0.25, 0.3) is 0 Å². The molecule has 7 heteroatoms. The molecule has 0 spiro atoms. The van der Waals surface area contributed by atoms with E-state index in [4.69, 9.17) is 21.1 Å². The summed E-state index contributed by atoms with van der Waals surface area (Å²) in [6.45, 7) is 4.16. The fourth-order valence-corrected chi connectivity index (χ4v) is 2.44. The number of ether oxygens (including phenoxy) is 2. The molecule has 1 saturated heterocycles. The second kappa shape index (κ2) is 7.52. The van der Waals surface area contributed by atoms with Gasteiger partial charge in [0.15, 0.2) is 6.29 Å². The van der Waals surface area contributed by atoms with Gasteiger partial charge in [-0.05, 0) is 23.3 Å². The molecule has 5 atom stereocenters. The zero-order valence-corrected chi connectivity index (χ0v) is 12.6. The second-order valence-corrected chi connectivity index (χ2v) is 5.48. The molecule has 0 aromatic heterocycles. The van der Waals surface area contributed by atoms with E-state index in [0.717, 1.165) is 0 Å². The Hall–Kier alpha value is -0.990. The van der Waals surface area contributed by atoms with Crippen LogP contribution >= 0.6 is 11.6 Å². The van der Waals surface area contributed by atoms with Crippen LogP contribution in [-0.4, -0.2) is 51.6 Å². The summed E-state index contributed by atoms with van der Waals surface area (Å²) in [5, 5.41) is 39.3. The standard InChI is InChI=1S/C15H19ClO6/c1-2-5-21-7-9-6-8(3-4-10(9)16)14-12(18)11(17)13(19)15(20)22-14/h2-4,6,11-15,17-20H,1,5,7H2/t11-,12-,13+,14+,15?/m1/s1. The van der Waals surface area contributed by atoms with Gasteiger partial charge >= 0.3 is 0 Å². The van der Waals surface area contributed by atoms with Gasteiger partial charge in [0, 0.05) is 5.02 Å². The van der Waals surface area contributed by atoms with Crippen molar-refractivity contribution in [1.82, 2.24) is 0 Å². The van der Waals surface area contributed by atoms with Crippen LogP contribution in [0.1, 0.15) is 17.2 Å². The largest absolute Gasteiger partial charge is 0.387 e. The Kier molecular flexibility index (Phi) is 5.94. The van der Waals surface area contributed by atoms with Gasteiger partial charge in [0.05, 0.1) is 13.2 Å². The molecule has 1 aromatic carbocycles. The first kappa shape index (κ1) is 17.4. The quantitative estimate of drug-likeness (QED) is 0.464. The van der Waals surface area contributed by atoms with E-state index in [0.29, 0.717) is 22.8 Å². The number of hydrogen-bond acceptors (Lipinski definition) is 6. The molecule has 6 nitrogen and oxygen atoms in total. The molecule has 0 radical (unpaired) electrons. The lowest BCUT2D eigenvalue weighted by Gasteiger charge is -2.38. The average Bonchev–Trinajstić information content (AvgIpc) is 2.51. The molecule has 122 valence electrons. The van der Waals surface area contributed by atoms with Crippen LogP contribution < -0.4 is 0 Å². The summed E-state index contributed by atoms with van der Waals surface area (Å²) in [5.41, 5.74) is 1.19. The maximum atomic E-state index is 10.0. The van der Waals surface area contributed by atoms with Gasteiger partial charge in [0.1, 0.15) is 24.4 Å². The fourth-order valence-electron chi connectivity index (χ4n) is 2.27.